The molecule has 3 atom stereocenters. The number of rotatable bonds is 2. The van der Waals surface area contributed by atoms with Crippen molar-refractivity contribution in [3.8, 4) is 0 Å². The summed E-state index contributed by atoms with van der Waals surface area (Å²) in [7, 11) is 1.87. The van der Waals surface area contributed by atoms with Crippen molar-refractivity contribution in [1.82, 2.24) is 14.7 Å². The first-order valence-electron chi connectivity index (χ1n) is 7.67. The lowest BCUT2D eigenvalue weighted by atomic mass is 9.78. The Bertz CT molecular complexity index is 510. The van der Waals surface area contributed by atoms with Crippen molar-refractivity contribution >= 4 is 5.91 Å². The number of nitrogens with two attached hydrogens (primary N) is 1. The van der Waals surface area contributed by atoms with Crippen LogP contribution in [0.4, 0.5) is 0 Å². The van der Waals surface area contributed by atoms with E-state index in [9.17, 15) is 4.79 Å². The molecule has 5 nitrogen and oxygen atoms in total. The number of nitrogens with zero attached hydrogens (tertiary/aromatic N) is 3. The maximum absolute atomic E-state index is 12.7. The van der Waals surface area contributed by atoms with Gasteiger partial charge in [-0.05, 0) is 31.1 Å². The molecule has 3 unspecified atom stereocenters. The standard InChI is InChI=1S/C15H24N4O/c1-3-14-12(8-18(2)17-14)15(20)19-7-10-5-4-6-13(16)11(10)9-19/h8,10-11,13H,3-7,9,16H2,1-2H3. The van der Waals surface area contributed by atoms with E-state index in [-0.39, 0.29) is 11.9 Å². The van der Waals surface area contributed by atoms with Gasteiger partial charge in [0.2, 0.25) is 0 Å². The van der Waals surface area contributed by atoms with Crippen LogP contribution in [0.3, 0.4) is 0 Å². The fourth-order valence-electron chi connectivity index (χ4n) is 3.83. The van der Waals surface area contributed by atoms with Crippen LogP contribution in [0.5, 0.6) is 0 Å². The van der Waals surface area contributed by atoms with Gasteiger partial charge in [-0.2, -0.15) is 5.10 Å². The van der Waals surface area contributed by atoms with Gasteiger partial charge in [0.25, 0.3) is 5.91 Å². The largest absolute Gasteiger partial charge is 0.338 e. The molecule has 0 aromatic carbocycles. The Balaban J connectivity index is 1.78. The van der Waals surface area contributed by atoms with Crippen molar-refractivity contribution in [3.63, 3.8) is 0 Å². The molecule has 2 N–H and O–H groups in total. The third-order valence-electron chi connectivity index (χ3n) is 4.91. The number of aromatic nitrogens is 2. The molecular weight excluding hydrogens is 252 g/mol. The maximum atomic E-state index is 12.7. The summed E-state index contributed by atoms with van der Waals surface area (Å²) >= 11 is 0. The molecule has 1 aliphatic carbocycles. The number of amides is 1. The smallest absolute Gasteiger partial charge is 0.257 e. The van der Waals surface area contributed by atoms with Gasteiger partial charge in [-0.25, -0.2) is 0 Å². The predicted octanol–water partition coefficient (Wildman–Crippen LogP) is 1.18. The fraction of sp³-hybridized carbons (Fsp3) is 0.733. The van der Waals surface area contributed by atoms with Crippen LogP contribution < -0.4 is 5.73 Å². The van der Waals surface area contributed by atoms with Gasteiger partial charge < -0.3 is 10.6 Å². The molecule has 2 aliphatic rings. The van der Waals surface area contributed by atoms with Crippen molar-refractivity contribution in [1.29, 1.82) is 0 Å². The quantitative estimate of drug-likeness (QED) is 0.882. The highest BCUT2D eigenvalue weighted by atomic mass is 16.2. The Morgan fingerprint density at radius 2 is 2.25 bits per heavy atom. The summed E-state index contributed by atoms with van der Waals surface area (Å²) < 4.78 is 1.74. The average molecular weight is 276 g/mol. The Morgan fingerprint density at radius 3 is 2.95 bits per heavy atom. The normalized spacial score (nSPS) is 29.6. The van der Waals surface area contributed by atoms with E-state index in [0.29, 0.717) is 11.8 Å². The fourth-order valence-corrected chi connectivity index (χ4v) is 3.83. The molecule has 0 spiro atoms. The van der Waals surface area contributed by atoms with Crippen molar-refractivity contribution in [2.45, 2.75) is 38.6 Å². The van der Waals surface area contributed by atoms with Crippen molar-refractivity contribution < 1.29 is 4.79 Å². The second-order valence-corrected chi connectivity index (χ2v) is 6.25. The molecule has 1 aromatic rings. The second kappa shape index (κ2) is 5.20. The molecule has 3 rings (SSSR count). The Hall–Kier alpha value is -1.36. The van der Waals surface area contributed by atoms with Crippen LogP contribution >= 0.6 is 0 Å². The molecule has 0 bridgehead atoms. The number of hydrogen-bond donors (Lipinski definition) is 1. The lowest BCUT2D eigenvalue weighted by Gasteiger charge is -2.29. The third-order valence-corrected chi connectivity index (χ3v) is 4.91. The number of hydrogen-bond acceptors (Lipinski definition) is 3. The number of carbonyl (C=O) groups excluding carboxylic acids is 1. The van der Waals surface area contributed by atoms with Gasteiger partial charge in [0.1, 0.15) is 0 Å². The average Bonchev–Trinajstić information content (AvgIpc) is 3.02. The zero-order chi connectivity index (χ0) is 14.3. The van der Waals surface area contributed by atoms with Crippen molar-refractivity contribution in [3.05, 3.63) is 17.5 Å². The molecule has 1 saturated carbocycles. The Morgan fingerprint density at radius 1 is 1.45 bits per heavy atom. The zero-order valence-corrected chi connectivity index (χ0v) is 12.4. The molecule has 1 amide bonds. The zero-order valence-electron chi connectivity index (χ0n) is 12.4. The first-order chi connectivity index (χ1) is 9.60. The molecule has 1 aromatic heterocycles. The molecule has 5 heteroatoms. The minimum atomic E-state index is 0.136. The van der Waals surface area contributed by atoms with E-state index in [2.05, 4.69) is 5.10 Å². The number of aryl methyl sites for hydroxylation is 2. The minimum absolute atomic E-state index is 0.136. The summed E-state index contributed by atoms with van der Waals surface area (Å²) in [6.07, 6.45) is 6.18. The topological polar surface area (TPSA) is 64.2 Å². The minimum Gasteiger partial charge on any atom is -0.338 e. The van der Waals surface area contributed by atoms with Gasteiger partial charge in [0, 0.05) is 32.4 Å². The van der Waals surface area contributed by atoms with Crippen LogP contribution in [0.2, 0.25) is 0 Å². The lowest BCUT2D eigenvalue weighted by Crippen LogP contribution is -2.38. The first-order valence-corrected chi connectivity index (χ1v) is 7.67. The maximum Gasteiger partial charge on any atom is 0.257 e. The van der Waals surface area contributed by atoms with Gasteiger partial charge in [-0.3, -0.25) is 9.48 Å². The van der Waals surface area contributed by atoms with E-state index < -0.39 is 0 Å². The van der Waals surface area contributed by atoms with E-state index in [0.717, 1.165) is 37.2 Å². The molecule has 1 saturated heterocycles. The summed E-state index contributed by atoms with van der Waals surface area (Å²) in [5.74, 6) is 1.23. The monoisotopic (exact) mass is 276 g/mol. The number of carbonyl (C=O) groups is 1. The molecule has 0 radical (unpaired) electrons. The second-order valence-electron chi connectivity index (χ2n) is 6.25. The van der Waals surface area contributed by atoms with Crippen LogP contribution in [0.1, 0.15) is 42.2 Å². The van der Waals surface area contributed by atoms with Gasteiger partial charge in [0.05, 0.1) is 11.3 Å². The van der Waals surface area contributed by atoms with Crippen molar-refractivity contribution in [2.75, 3.05) is 13.1 Å². The number of fused-ring (bicyclic) bond motifs is 1. The van der Waals surface area contributed by atoms with Crippen molar-refractivity contribution in [2.24, 2.45) is 24.6 Å². The van der Waals surface area contributed by atoms with E-state index >= 15 is 0 Å². The molecular formula is C15H24N4O. The van der Waals surface area contributed by atoms with E-state index in [1.54, 1.807) is 4.68 Å². The highest BCUT2D eigenvalue weighted by Gasteiger charge is 2.41. The third kappa shape index (κ3) is 2.24. The summed E-state index contributed by atoms with van der Waals surface area (Å²) in [5.41, 5.74) is 7.89. The summed E-state index contributed by atoms with van der Waals surface area (Å²) in [5, 5.41) is 4.37. The molecule has 20 heavy (non-hydrogen) atoms. The highest BCUT2D eigenvalue weighted by molar-refractivity contribution is 5.95. The highest BCUT2D eigenvalue weighted by Crippen LogP contribution is 2.36. The van der Waals surface area contributed by atoms with E-state index in [1.807, 2.05) is 25.1 Å². The predicted molar refractivity (Wildman–Crippen MR) is 77.3 cm³/mol. The first kappa shape index (κ1) is 13.6. The van der Waals surface area contributed by atoms with E-state index in [4.69, 9.17) is 5.73 Å². The molecule has 1 aliphatic heterocycles. The summed E-state index contributed by atoms with van der Waals surface area (Å²) in [4.78, 5) is 14.7. The van der Waals surface area contributed by atoms with Crippen LogP contribution in [-0.2, 0) is 13.5 Å². The van der Waals surface area contributed by atoms with Gasteiger partial charge in [0.15, 0.2) is 0 Å². The van der Waals surface area contributed by atoms with Crippen LogP contribution in [0.25, 0.3) is 0 Å². The Labute approximate surface area is 120 Å². The van der Waals surface area contributed by atoms with Crippen LogP contribution in [-0.4, -0.2) is 39.7 Å². The SMILES string of the molecule is CCc1nn(C)cc1C(=O)N1CC2CCCC(N)C2C1. The molecule has 2 heterocycles. The molecule has 2 fully saturated rings. The van der Waals surface area contributed by atoms with Gasteiger partial charge in [-0.1, -0.05) is 13.3 Å². The summed E-state index contributed by atoms with van der Waals surface area (Å²) in [6, 6.07) is 0.270. The summed E-state index contributed by atoms with van der Waals surface area (Å²) in [6.45, 7) is 3.73. The van der Waals surface area contributed by atoms with Crippen LogP contribution in [0, 0.1) is 11.8 Å². The van der Waals surface area contributed by atoms with Gasteiger partial charge in [-0.15, -0.1) is 0 Å². The number of likely N-dealkylation sites (tertiary alicyclic amines) is 1. The lowest BCUT2D eigenvalue weighted by molar-refractivity contribution is 0.0782. The van der Waals surface area contributed by atoms with Crippen LogP contribution in [0.15, 0.2) is 6.20 Å². The van der Waals surface area contributed by atoms with Gasteiger partial charge >= 0.3 is 0 Å². The van der Waals surface area contributed by atoms with E-state index in [1.165, 1.54) is 12.8 Å². The Kier molecular flexibility index (Phi) is 3.54. The molecule has 110 valence electrons.